The number of piperidine rings is 1. The van der Waals surface area contributed by atoms with E-state index in [1.165, 1.54) is 0 Å². The van der Waals surface area contributed by atoms with Crippen molar-refractivity contribution < 1.29 is 14.3 Å². The third-order valence-corrected chi connectivity index (χ3v) is 7.94. The number of imidazole rings is 1. The standard InChI is InChI=1S/C33H39N5O3/c1-41-19-5-18-38-30-8-3-2-7-29(30)36-33(38)27-6-4-17-37(22-27)31(39)21-28(34)20-23-9-11-24(12-10-23)25-13-15-26(16-14-25)32(35)40/h2-3,7-16,27-28H,4-6,17-22,34H2,1H3,(H2,35,40). The molecule has 0 bridgehead atoms. The molecule has 8 nitrogen and oxygen atoms in total. The molecule has 0 saturated carbocycles. The number of nitrogens with zero attached hydrogens (tertiary/aromatic N) is 3. The summed E-state index contributed by atoms with van der Waals surface area (Å²) in [7, 11) is 1.73. The molecule has 5 rings (SSSR count). The number of nitrogens with two attached hydrogens (primary N) is 2. The number of hydrogen-bond donors (Lipinski definition) is 2. The van der Waals surface area contributed by atoms with Gasteiger partial charge in [0, 0.05) is 57.3 Å². The number of benzene rings is 3. The average molecular weight is 554 g/mol. The minimum atomic E-state index is -0.437. The summed E-state index contributed by atoms with van der Waals surface area (Å²) < 4.78 is 7.60. The molecule has 0 radical (unpaired) electrons. The lowest BCUT2D eigenvalue weighted by atomic mass is 9.95. The summed E-state index contributed by atoms with van der Waals surface area (Å²) in [6.07, 6.45) is 3.82. The van der Waals surface area contributed by atoms with Gasteiger partial charge in [-0.15, -0.1) is 0 Å². The van der Waals surface area contributed by atoms with Crippen LogP contribution < -0.4 is 11.5 Å². The van der Waals surface area contributed by atoms with Crippen LogP contribution in [-0.4, -0.2) is 59.1 Å². The van der Waals surface area contributed by atoms with Crippen LogP contribution in [0.25, 0.3) is 22.2 Å². The SMILES string of the molecule is COCCCn1c(C2CCCN(C(=O)CC(N)Cc3ccc(-c4ccc(C(N)=O)cc4)cc3)C2)nc2ccccc21. The highest BCUT2D eigenvalue weighted by molar-refractivity contribution is 5.93. The summed E-state index contributed by atoms with van der Waals surface area (Å²) in [5.41, 5.74) is 17.6. The molecule has 2 unspecified atom stereocenters. The van der Waals surface area contributed by atoms with Crippen molar-refractivity contribution in [3.63, 3.8) is 0 Å². The highest BCUT2D eigenvalue weighted by Gasteiger charge is 2.29. The van der Waals surface area contributed by atoms with Gasteiger partial charge in [0.1, 0.15) is 5.82 Å². The summed E-state index contributed by atoms with van der Waals surface area (Å²) in [5.74, 6) is 0.931. The average Bonchev–Trinajstić information content (AvgIpc) is 3.36. The van der Waals surface area contributed by atoms with Gasteiger partial charge < -0.3 is 25.7 Å². The number of rotatable bonds is 11. The van der Waals surface area contributed by atoms with Crippen molar-refractivity contribution in [1.29, 1.82) is 0 Å². The summed E-state index contributed by atoms with van der Waals surface area (Å²) in [6, 6.07) is 23.4. The van der Waals surface area contributed by atoms with E-state index in [0.29, 0.717) is 31.6 Å². The number of hydrogen-bond acceptors (Lipinski definition) is 5. The van der Waals surface area contributed by atoms with Gasteiger partial charge in [-0.2, -0.15) is 0 Å². The molecule has 41 heavy (non-hydrogen) atoms. The van der Waals surface area contributed by atoms with E-state index in [9.17, 15) is 9.59 Å². The Kier molecular flexibility index (Phi) is 9.11. The molecule has 1 aromatic heterocycles. The van der Waals surface area contributed by atoms with Gasteiger partial charge in [-0.05, 0) is 66.6 Å². The quantitative estimate of drug-likeness (QED) is 0.265. The van der Waals surface area contributed by atoms with Crippen LogP contribution in [0.5, 0.6) is 0 Å². The monoisotopic (exact) mass is 553 g/mol. The molecule has 1 saturated heterocycles. The predicted molar refractivity (Wildman–Crippen MR) is 161 cm³/mol. The van der Waals surface area contributed by atoms with Gasteiger partial charge in [-0.1, -0.05) is 48.5 Å². The number of fused-ring (bicyclic) bond motifs is 1. The molecule has 4 aromatic rings. The first kappa shape index (κ1) is 28.5. The first-order valence-electron chi connectivity index (χ1n) is 14.4. The number of carbonyl (C=O) groups excluding carboxylic acids is 2. The van der Waals surface area contributed by atoms with E-state index in [-0.39, 0.29) is 17.9 Å². The second-order valence-electron chi connectivity index (χ2n) is 10.9. The molecule has 1 aliphatic rings. The van der Waals surface area contributed by atoms with Gasteiger partial charge in [-0.3, -0.25) is 9.59 Å². The lowest BCUT2D eigenvalue weighted by molar-refractivity contribution is -0.132. The van der Waals surface area contributed by atoms with Crippen molar-refractivity contribution in [3.8, 4) is 11.1 Å². The number of aromatic nitrogens is 2. The van der Waals surface area contributed by atoms with Crippen LogP contribution in [-0.2, 0) is 22.5 Å². The predicted octanol–water partition coefficient (Wildman–Crippen LogP) is 4.50. The van der Waals surface area contributed by atoms with E-state index >= 15 is 0 Å². The molecule has 1 fully saturated rings. The fraction of sp³-hybridized carbons (Fsp3) is 0.364. The van der Waals surface area contributed by atoms with Gasteiger partial charge >= 0.3 is 0 Å². The normalized spacial score (nSPS) is 16.1. The number of carbonyl (C=O) groups is 2. The number of aryl methyl sites for hydroxylation is 1. The minimum Gasteiger partial charge on any atom is -0.385 e. The van der Waals surface area contributed by atoms with Gasteiger partial charge in [0.2, 0.25) is 11.8 Å². The van der Waals surface area contributed by atoms with Crippen LogP contribution in [0.3, 0.4) is 0 Å². The molecule has 4 N–H and O–H groups in total. The Morgan fingerprint density at radius 1 is 1.02 bits per heavy atom. The summed E-state index contributed by atoms with van der Waals surface area (Å²) in [6.45, 7) is 2.97. The van der Waals surface area contributed by atoms with Crippen molar-refractivity contribution in [2.45, 2.75) is 50.6 Å². The fourth-order valence-electron chi connectivity index (χ4n) is 5.81. The van der Waals surface area contributed by atoms with Crippen LogP contribution in [0.2, 0.25) is 0 Å². The van der Waals surface area contributed by atoms with Crippen molar-refractivity contribution in [1.82, 2.24) is 14.5 Å². The zero-order valence-corrected chi connectivity index (χ0v) is 23.7. The van der Waals surface area contributed by atoms with Crippen LogP contribution >= 0.6 is 0 Å². The number of para-hydroxylation sites is 2. The lowest BCUT2D eigenvalue weighted by Crippen LogP contribution is -2.42. The van der Waals surface area contributed by atoms with Crippen molar-refractivity contribution in [2.24, 2.45) is 11.5 Å². The van der Waals surface area contributed by atoms with Gasteiger partial charge in [0.15, 0.2) is 0 Å². The maximum absolute atomic E-state index is 13.3. The maximum atomic E-state index is 13.3. The Balaban J connectivity index is 1.19. The van der Waals surface area contributed by atoms with E-state index in [1.807, 2.05) is 47.4 Å². The lowest BCUT2D eigenvalue weighted by Gasteiger charge is -2.33. The zero-order valence-electron chi connectivity index (χ0n) is 23.7. The van der Waals surface area contributed by atoms with Crippen LogP contribution in [0, 0.1) is 0 Å². The molecular formula is C33H39N5O3. The fourth-order valence-corrected chi connectivity index (χ4v) is 5.81. The molecule has 2 atom stereocenters. The van der Waals surface area contributed by atoms with Gasteiger partial charge in [0.25, 0.3) is 0 Å². The summed E-state index contributed by atoms with van der Waals surface area (Å²) in [5, 5.41) is 0. The van der Waals surface area contributed by atoms with Crippen molar-refractivity contribution >= 4 is 22.8 Å². The number of likely N-dealkylation sites (tertiary alicyclic amines) is 1. The van der Waals surface area contributed by atoms with E-state index in [2.05, 4.69) is 22.8 Å². The van der Waals surface area contributed by atoms with Crippen LogP contribution in [0.4, 0.5) is 0 Å². The van der Waals surface area contributed by atoms with E-state index < -0.39 is 5.91 Å². The highest BCUT2D eigenvalue weighted by atomic mass is 16.5. The Morgan fingerprint density at radius 3 is 2.44 bits per heavy atom. The molecular weight excluding hydrogens is 514 g/mol. The van der Waals surface area contributed by atoms with Crippen molar-refractivity contribution in [2.75, 3.05) is 26.8 Å². The Morgan fingerprint density at radius 2 is 1.73 bits per heavy atom. The first-order valence-corrected chi connectivity index (χ1v) is 14.4. The second-order valence-corrected chi connectivity index (χ2v) is 10.9. The van der Waals surface area contributed by atoms with E-state index in [0.717, 1.165) is 65.9 Å². The summed E-state index contributed by atoms with van der Waals surface area (Å²) >= 11 is 0. The second kappa shape index (κ2) is 13.1. The Bertz CT molecular complexity index is 1480. The molecule has 0 spiro atoms. The zero-order chi connectivity index (χ0) is 28.8. The molecule has 8 heteroatoms. The largest absolute Gasteiger partial charge is 0.385 e. The number of amides is 2. The molecule has 0 aliphatic carbocycles. The smallest absolute Gasteiger partial charge is 0.248 e. The number of ether oxygens (including phenoxy) is 1. The minimum absolute atomic E-state index is 0.107. The first-order chi connectivity index (χ1) is 19.9. The number of primary amides is 1. The molecule has 2 heterocycles. The molecule has 214 valence electrons. The molecule has 2 amide bonds. The Labute approximate surface area is 241 Å². The third-order valence-electron chi connectivity index (χ3n) is 7.94. The summed E-state index contributed by atoms with van der Waals surface area (Å²) in [4.78, 5) is 31.6. The molecule has 1 aliphatic heterocycles. The third kappa shape index (κ3) is 6.84. The topological polar surface area (TPSA) is 116 Å². The number of methoxy groups -OCH3 is 1. The molecule has 3 aromatic carbocycles. The van der Waals surface area contributed by atoms with E-state index in [1.54, 1.807) is 19.2 Å². The Hall–Kier alpha value is -4.01. The maximum Gasteiger partial charge on any atom is 0.248 e. The highest BCUT2D eigenvalue weighted by Crippen LogP contribution is 2.30. The van der Waals surface area contributed by atoms with E-state index in [4.69, 9.17) is 21.2 Å². The van der Waals surface area contributed by atoms with Crippen LogP contribution in [0.1, 0.15) is 53.3 Å². The van der Waals surface area contributed by atoms with Crippen molar-refractivity contribution in [3.05, 3.63) is 89.7 Å². The van der Waals surface area contributed by atoms with Gasteiger partial charge in [0.05, 0.1) is 11.0 Å². The van der Waals surface area contributed by atoms with Crippen LogP contribution in [0.15, 0.2) is 72.8 Å². The van der Waals surface area contributed by atoms with Gasteiger partial charge in [-0.25, -0.2) is 4.98 Å².